The van der Waals surface area contributed by atoms with E-state index < -0.39 is 0 Å². The van der Waals surface area contributed by atoms with Crippen LogP contribution < -0.4 is 5.32 Å². The summed E-state index contributed by atoms with van der Waals surface area (Å²) in [6.07, 6.45) is 3.67. The molecule has 1 rings (SSSR count). The molecular formula is C11H23NO. The van der Waals surface area contributed by atoms with E-state index in [4.69, 9.17) is 5.11 Å². The molecule has 13 heavy (non-hydrogen) atoms. The summed E-state index contributed by atoms with van der Waals surface area (Å²) in [4.78, 5) is 0. The molecule has 0 amide bonds. The maximum atomic E-state index is 9.14. The zero-order valence-corrected chi connectivity index (χ0v) is 9.09. The number of aliphatic hydroxyl groups is 1. The van der Waals surface area contributed by atoms with Gasteiger partial charge < -0.3 is 10.4 Å². The lowest BCUT2D eigenvalue weighted by atomic mass is 9.79. The molecular weight excluding hydrogens is 162 g/mol. The Bertz CT molecular complexity index is 147. The van der Waals surface area contributed by atoms with E-state index >= 15 is 0 Å². The molecule has 0 heterocycles. The van der Waals surface area contributed by atoms with Crippen molar-refractivity contribution in [3.63, 3.8) is 0 Å². The van der Waals surface area contributed by atoms with Crippen molar-refractivity contribution in [1.29, 1.82) is 0 Å². The molecule has 0 saturated heterocycles. The van der Waals surface area contributed by atoms with Crippen LogP contribution in [0.4, 0.5) is 0 Å². The SMILES string of the molecule is C[C@H](O)CN[C@@H]1CC[C@@H](C)[C@H](C)C1. The lowest BCUT2D eigenvalue weighted by Crippen LogP contribution is -2.39. The Hall–Kier alpha value is -0.0800. The second-order valence-corrected chi connectivity index (χ2v) is 4.72. The molecule has 0 unspecified atom stereocenters. The van der Waals surface area contributed by atoms with Crippen LogP contribution in [-0.4, -0.2) is 23.8 Å². The van der Waals surface area contributed by atoms with Gasteiger partial charge in [-0.2, -0.15) is 0 Å². The molecule has 0 aromatic rings. The largest absolute Gasteiger partial charge is 0.392 e. The maximum absolute atomic E-state index is 9.14. The standard InChI is InChI=1S/C11H23NO/c1-8-4-5-11(6-9(8)2)12-7-10(3)13/h8-13H,4-7H2,1-3H3/t8-,9-,10+,11-/m1/s1. The lowest BCUT2D eigenvalue weighted by molar-refractivity contribution is 0.167. The monoisotopic (exact) mass is 185 g/mol. The summed E-state index contributed by atoms with van der Waals surface area (Å²) in [6.45, 7) is 7.25. The highest BCUT2D eigenvalue weighted by molar-refractivity contribution is 4.79. The van der Waals surface area contributed by atoms with Gasteiger partial charge in [0.2, 0.25) is 0 Å². The van der Waals surface area contributed by atoms with Gasteiger partial charge in [-0.1, -0.05) is 13.8 Å². The molecule has 2 nitrogen and oxygen atoms in total. The van der Waals surface area contributed by atoms with Gasteiger partial charge in [0, 0.05) is 12.6 Å². The first kappa shape index (κ1) is 11.0. The normalized spacial score (nSPS) is 37.4. The highest BCUT2D eigenvalue weighted by Crippen LogP contribution is 2.29. The average molecular weight is 185 g/mol. The molecule has 1 aliphatic carbocycles. The third-order valence-corrected chi connectivity index (χ3v) is 3.30. The van der Waals surface area contributed by atoms with Crippen molar-refractivity contribution in [2.24, 2.45) is 11.8 Å². The first-order chi connectivity index (χ1) is 6.09. The zero-order chi connectivity index (χ0) is 9.84. The minimum Gasteiger partial charge on any atom is -0.392 e. The molecule has 0 aliphatic heterocycles. The van der Waals surface area contributed by atoms with Gasteiger partial charge in [-0.25, -0.2) is 0 Å². The fraction of sp³-hybridized carbons (Fsp3) is 1.00. The third-order valence-electron chi connectivity index (χ3n) is 3.30. The highest BCUT2D eigenvalue weighted by Gasteiger charge is 2.23. The van der Waals surface area contributed by atoms with E-state index in [1.165, 1.54) is 19.3 Å². The van der Waals surface area contributed by atoms with Gasteiger partial charge in [-0.05, 0) is 38.0 Å². The molecule has 2 N–H and O–H groups in total. The third kappa shape index (κ3) is 3.65. The summed E-state index contributed by atoms with van der Waals surface area (Å²) < 4.78 is 0. The predicted octanol–water partition coefficient (Wildman–Crippen LogP) is 1.78. The van der Waals surface area contributed by atoms with Crippen LogP contribution in [0, 0.1) is 11.8 Å². The Labute approximate surface area is 81.7 Å². The van der Waals surface area contributed by atoms with E-state index in [1.54, 1.807) is 0 Å². The van der Waals surface area contributed by atoms with Crippen LogP contribution in [-0.2, 0) is 0 Å². The summed E-state index contributed by atoms with van der Waals surface area (Å²) in [5.74, 6) is 1.71. The summed E-state index contributed by atoms with van der Waals surface area (Å²) >= 11 is 0. The quantitative estimate of drug-likeness (QED) is 0.702. The molecule has 2 heteroatoms. The number of hydrogen-bond donors (Lipinski definition) is 2. The van der Waals surface area contributed by atoms with Crippen molar-refractivity contribution in [2.75, 3.05) is 6.54 Å². The molecule has 0 bridgehead atoms. The average Bonchev–Trinajstić information content (AvgIpc) is 2.07. The fourth-order valence-electron chi connectivity index (χ4n) is 2.07. The van der Waals surface area contributed by atoms with Gasteiger partial charge in [0.05, 0.1) is 6.10 Å². The second-order valence-electron chi connectivity index (χ2n) is 4.72. The number of aliphatic hydroxyl groups excluding tert-OH is 1. The van der Waals surface area contributed by atoms with Gasteiger partial charge in [0.15, 0.2) is 0 Å². The van der Waals surface area contributed by atoms with E-state index in [9.17, 15) is 0 Å². The van der Waals surface area contributed by atoms with Gasteiger partial charge in [0.1, 0.15) is 0 Å². The van der Waals surface area contributed by atoms with Crippen LogP contribution in [0.5, 0.6) is 0 Å². The fourth-order valence-corrected chi connectivity index (χ4v) is 2.07. The highest BCUT2D eigenvalue weighted by atomic mass is 16.3. The Morgan fingerprint density at radius 3 is 2.54 bits per heavy atom. The topological polar surface area (TPSA) is 32.3 Å². The Morgan fingerprint density at radius 2 is 2.00 bits per heavy atom. The summed E-state index contributed by atoms with van der Waals surface area (Å²) in [5, 5.41) is 12.6. The van der Waals surface area contributed by atoms with Gasteiger partial charge in [-0.3, -0.25) is 0 Å². The molecule has 0 radical (unpaired) electrons. The molecule has 0 aromatic heterocycles. The molecule has 0 aromatic carbocycles. The molecule has 0 spiro atoms. The van der Waals surface area contributed by atoms with Gasteiger partial charge in [-0.15, -0.1) is 0 Å². The number of nitrogens with one attached hydrogen (secondary N) is 1. The van der Waals surface area contributed by atoms with Crippen molar-refractivity contribution >= 4 is 0 Å². The van der Waals surface area contributed by atoms with E-state index in [-0.39, 0.29) is 6.10 Å². The minimum absolute atomic E-state index is 0.213. The van der Waals surface area contributed by atoms with Crippen LogP contribution in [0.25, 0.3) is 0 Å². The van der Waals surface area contributed by atoms with Gasteiger partial charge >= 0.3 is 0 Å². The van der Waals surface area contributed by atoms with E-state index in [0.29, 0.717) is 6.04 Å². The van der Waals surface area contributed by atoms with Crippen LogP contribution in [0.3, 0.4) is 0 Å². The first-order valence-corrected chi connectivity index (χ1v) is 5.51. The van der Waals surface area contributed by atoms with Crippen LogP contribution >= 0.6 is 0 Å². The predicted molar refractivity (Wildman–Crippen MR) is 55.7 cm³/mol. The maximum Gasteiger partial charge on any atom is 0.0636 e. The molecule has 4 atom stereocenters. The summed E-state index contributed by atoms with van der Waals surface area (Å²) in [7, 11) is 0. The van der Waals surface area contributed by atoms with Crippen LogP contribution in [0.2, 0.25) is 0 Å². The van der Waals surface area contributed by atoms with Crippen molar-refractivity contribution in [1.82, 2.24) is 5.32 Å². The molecule has 1 aliphatic rings. The van der Waals surface area contributed by atoms with Crippen molar-refractivity contribution < 1.29 is 5.11 Å². The van der Waals surface area contributed by atoms with Crippen LogP contribution in [0.1, 0.15) is 40.0 Å². The van der Waals surface area contributed by atoms with Crippen LogP contribution in [0.15, 0.2) is 0 Å². The van der Waals surface area contributed by atoms with Crippen molar-refractivity contribution in [2.45, 2.75) is 52.2 Å². The first-order valence-electron chi connectivity index (χ1n) is 5.51. The van der Waals surface area contributed by atoms with E-state index in [0.717, 1.165) is 18.4 Å². The number of rotatable bonds is 3. The minimum atomic E-state index is -0.213. The molecule has 78 valence electrons. The second kappa shape index (κ2) is 4.97. The smallest absolute Gasteiger partial charge is 0.0636 e. The summed E-state index contributed by atoms with van der Waals surface area (Å²) in [5.41, 5.74) is 0. The van der Waals surface area contributed by atoms with E-state index in [2.05, 4.69) is 19.2 Å². The lowest BCUT2D eigenvalue weighted by Gasteiger charge is -2.32. The van der Waals surface area contributed by atoms with Crippen molar-refractivity contribution in [3.8, 4) is 0 Å². The zero-order valence-electron chi connectivity index (χ0n) is 9.09. The summed E-state index contributed by atoms with van der Waals surface area (Å²) in [6, 6.07) is 0.640. The van der Waals surface area contributed by atoms with Crippen molar-refractivity contribution in [3.05, 3.63) is 0 Å². The molecule has 1 fully saturated rings. The Kier molecular flexibility index (Phi) is 4.20. The number of hydrogen-bond acceptors (Lipinski definition) is 2. The Morgan fingerprint density at radius 1 is 1.31 bits per heavy atom. The molecule has 1 saturated carbocycles. The Balaban J connectivity index is 2.21. The van der Waals surface area contributed by atoms with E-state index in [1.807, 2.05) is 6.92 Å². The van der Waals surface area contributed by atoms with Gasteiger partial charge in [0.25, 0.3) is 0 Å².